The molecular weight excluding hydrogens is 482 g/mol. The fourth-order valence-electron chi connectivity index (χ4n) is 4.74. The van der Waals surface area contributed by atoms with Crippen LogP contribution in [0.15, 0.2) is 75.5 Å². The molecule has 0 radical (unpaired) electrons. The largest absolute Gasteiger partial charge is 0.496 e. The van der Waals surface area contributed by atoms with Crippen molar-refractivity contribution in [2.75, 3.05) is 7.11 Å². The maximum atomic E-state index is 13.6. The summed E-state index contributed by atoms with van der Waals surface area (Å²) in [6, 6.07) is 15.8. The van der Waals surface area contributed by atoms with Gasteiger partial charge in [0.1, 0.15) is 5.75 Å². The molecule has 2 atom stereocenters. The van der Waals surface area contributed by atoms with Crippen LogP contribution in [0, 0.1) is 0 Å². The maximum Gasteiger partial charge on any atom is 0.337 e. The Balaban J connectivity index is 1.82. The summed E-state index contributed by atoms with van der Waals surface area (Å²) in [7, 11) is 1.61. The number of nitrogens with one attached hydrogen (secondary N) is 1. The molecule has 0 aromatic heterocycles. The average Bonchev–Trinajstić information content (AvgIpc) is 2.78. The number of allylic oxidation sites excluding steroid dienone is 3. The number of esters is 1. The minimum absolute atomic E-state index is 0.0527. The Labute approximate surface area is 203 Å². The first-order valence-corrected chi connectivity index (χ1v) is 11.9. The van der Waals surface area contributed by atoms with E-state index in [2.05, 4.69) is 33.4 Å². The standard InChI is InChI=1S/C27H28BrNO4/c1-15(2)33-27(31)24-16(3)29-21-13-19(17-8-6-5-7-9-17)14-22(30)26(21)25(24)18-10-11-23(32-4)20(28)12-18/h5-12,15,19,25,29H,13-14H2,1-4H3/t19-,25-/m1/s1. The third-order valence-electron chi connectivity index (χ3n) is 6.17. The summed E-state index contributed by atoms with van der Waals surface area (Å²) >= 11 is 3.56. The van der Waals surface area contributed by atoms with Crippen LogP contribution in [0.5, 0.6) is 5.75 Å². The first kappa shape index (κ1) is 23.3. The SMILES string of the molecule is COc1ccc([C@@H]2C(C(=O)OC(C)C)=C(C)NC3=C2C(=O)C[C@H](c2ccccc2)C3)cc1Br. The van der Waals surface area contributed by atoms with Crippen molar-refractivity contribution in [3.63, 3.8) is 0 Å². The number of methoxy groups -OCH3 is 1. The number of dihydropyridines is 1. The lowest BCUT2D eigenvalue weighted by Gasteiger charge is -2.37. The van der Waals surface area contributed by atoms with Gasteiger partial charge in [-0.3, -0.25) is 4.79 Å². The van der Waals surface area contributed by atoms with Crippen LogP contribution in [0.3, 0.4) is 0 Å². The lowest BCUT2D eigenvalue weighted by Crippen LogP contribution is -2.36. The molecule has 0 fully saturated rings. The summed E-state index contributed by atoms with van der Waals surface area (Å²) in [5, 5.41) is 3.39. The molecule has 5 nitrogen and oxygen atoms in total. The number of benzene rings is 2. The van der Waals surface area contributed by atoms with Gasteiger partial charge >= 0.3 is 5.97 Å². The number of carbonyl (C=O) groups excluding carboxylic acids is 2. The molecule has 6 heteroatoms. The predicted octanol–water partition coefficient (Wildman–Crippen LogP) is 5.77. The molecule has 0 saturated heterocycles. The molecule has 1 N–H and O–H groups in total. The summed E-state index contributed by atoms with van der Waals surface area (Å²) < 4.78 is 11.7. The summed E-state index contributed by atoms with van der Waals surface area (Å²) in [6.45, 7) is 5.52. The van der Waals surface area contributed by atoms with Gasteiger partial charge in [0.15, 0.2) is 5.78 Å². The molecule has 0 unspecified atom stereocenters. The van der Waals surface area contributed by atoms with Gasteiger partial charge in [0, 0.05) is 29.3 Å². The van der Waals surface area contributed by atoms with Gasteiger partial charge in [0.05, 0.1) is 23.3 Å². The molecule has 4 rings (SSSR count). The number of Topliss-reactive ketones (excluding diaryl/α,β-unsaturated/α-hetero) is 1. The molecule has 0 bridgehead atoms. The molecule has 0 amide bonds. The van der Waals surface area contributed by atoms with E-state index in [1.807, 2.05) is 57.2 Å². The Hall–Kier alpha value is -2.86. The van der Waals surface area contributed by atoms with Gasteiger partial charge in [0.2, 0.25) is 0 Å². The zero-order valence-corrected chi connectivity index (χ0v) is 20.9. The van der Waals surface area contributed by atoms with Crippen molar-refractivity contribution >= 4 is 27.7 Å². The lowest BCUT2D eigenvalue weighted by atomic mass is 9.71. The van der Waals surface area contributed by atoms with E-state index in [4.69, 9.17) is 9.47 Å². The highest BCUT2D eigenvalue weighted by molar-refractivity contribution is 9.10. The fraction of sp³-hybridized carbons (Fsp3) is 0.333. The van der Waals surface area contributed by atoms with E-state index >= 15 is 0 Å². The molecule has 0 saturated carbocycles. The third kappa shape index (κ3) is 4.62. The zero-order chi connectivity index (χ0) is 23.7. The van der Waals surface area contributed by atoms with Crippen molar-refractivity contribution in [2.24, 2.45) is 0 Å². The van der Waals surface area contributed by atoms with E-state index in [1.165, 1.54) is 0 Å². The molecule has 0 spiro atoms. The normalized spacial score (nSPS) is 20.5. The third-order valence-corrected chi connectivity index (χ3v) is 6.79. The van der Waals surface area contributed by atoms with E-state index in [-0.39, 0.29) is 17.8 Å². The molecule has 33 heavy (non-hydrogen) atoms. The number of ether oxygens (including phenoxy) is 2. The van der Waals surface area contributed by atoms with Gasteiger partial charge in [-0.25, -0.2) is 4.79 Å². The average molecular weight is 510 g/mol. The van der Waals surface area contributed by atoms with E-state index < -0.39 is 11.9 Å². The Kier molecular flexibility index (Phi) is 6.75. The van der Waals surface area contributed by atoms with Crippen molar-refractivity contribution in [3.05, 3.63) is 86.7 Å². The number of halogens is 1. The Bertz CT molecular complexity index is 1150. The second kappa shape index (κ2) is 9.56. The predicted molar refractivity (Wildman–Crippen MR) is 131 cm³/mol. The molecule has 2 aromatic carbocycles. The van der Waals surface area contributed by atoms with Gasteiger partial charge < -0.3 is 14.8 Å². The highest BCUT2D eigenvalue weighted by atomic mass is 79.9. The van der Waals surface area contributed by atoms with Gasteiger partial charge in [-0.1, -0.05) is 36.4 Å². The zero-order valence-electron chi connectivity index (χ0n) is 19.3. The van der Waals surface area contributed by atoms with Crippen LogP contribution in [-0.4, -0.2) is 25.0 Å². The molecule has 172 valence electrons. The van der Waals surface area contributed by atoms with Crippen molar-refractivity contribution in [2.45, 2.75) is 51.6 Å². The second-order valence-corrected chi connectivity index (χ2v) is 9.63. The highest BCUT2D eigenvalue weighted by Gasteiger charge is 2.41. The number of hydrogen-bond donors (Lipinski definition) is 1. The summed E-state index contributed by atoms with van der Waals surface area (Å²) in [6.07, 6.45) is 0.855. The van der Waals surface area contributed by atoms with Gasteiger partial charge in [-0.15, -0.1) is 0 Å². The fourth-order valence-corrected chi connectivity index (χ4v) is 5.30. The molecule has 1 heterocycles. The van der Waals surface area contributed by atoms with Crippen molar-refractivity contribution < 1.29 is 19.1 Å². The van der Waals surface area contributed by atoms with Crippen LogP contribution < -0.4 is 10.1 Å². The Morgan fingerprint density at radius 3 is 2.45 bits per heavy atom. The lowest BCUT2D eigenvalue weighted by molar-refractivity contribution is -0.143. The number of carbonyl (C=O) groups is 2. The maximum absolute atomic E-state index is 13.6. The van der Waals surface area contributed by atoms with Gasteiger partial charge in [-0.2, -0.15) is 0 Å². The van der Waals surface area contributed by atoms with Crippen LogP contribution in [0.1, 0.15) is 56.6 Å². The monoisotopic (exact) mass is 509 g/mol. The van der Waals surface area contributed by atoms with E-state index in [0.29, 0.717) is 29.7 Å². The first-order chi connectivity index (χ1) is 15.8. The number of rotatable bonds is 5. The summed E-state index contributed by atoms with van der Waals surface area (Å²) in [5.41, 5.74) is 4.73. The quantitative estimate of drug-likeness (QED) is 0.518. The second-order valence-electron chi connectivity index (χ2n) is 8.78. The molecular formula is C27H28BrNO4. The highest BCUT2D eigenvalue weighted by Crippen LogP contribution is 2.46. The van der Waals surface area contributed by atoms with Crippen molar-refractivity contribution in [1.29, 1.82) is 0 Å². The summed E-state index contributed by atoms with van der Waals surface area (Å²) in [4.78, 5) is 26.8. The van der Waals surface area contributed by atoms with Crippen LogP contribution in [0.25, 0.3) is 0 Å². The van der Waals surface area contributed by atoms with Crippen LogP contribution in [-0.2, 0) is 14.3 Å². The van der Waals surface area contributed by atoms with Crippen molar-refractivity contribution in [1.82, 2.24) is 5.32 Å². The van der Waals surface area contributed by atoms with Crippen molar-refractivity contribution in [3.8, 4) is 5.75 Å². The Morgan fingerprint density at radius 2 is 1.82 bits per heavy atom. The van der Waals surface area contributed by atoms with Gasteiger partial charge in [0.25, 0.3) is 0 Å². The van der Waals surface area contributed by atoms with E-state index in [0.717, 1.165) is 27.0 Å². The molecule has 2 aromatic rings. The molecule has 1 aliphatic carbocycles. The topological polar surface area (TPSA) is 64.6 Å². The van der Waals surface area contributed by atoms with E-state index in [9.17, 15) is 9.59 Å². The van der Waals surface area contributed by atoms with E-state index in [1.54, 1.807) is 7.11 Å². The van der Waals surface area contributed by atoms with Crippen LogP contribution in [0.4, 0.5) is 0 Å². The first-order valence-electron chi connectivity index (χ1n) is 11.1. The number of hydrogen-bond acceptors (Lipinski definition) is 5. The van der Waals surface area contributed by atoms with Crippen LogP contribution in [0.2, 0.25) is 0 Å². The molecule has 2 aliphatic rings. The van der Waals surface area contributed by atoms with Gasteiger partial charge in [-0.05, 0) is 72.3 Å². The minimum Gasteiger partial charge on any atom is -0.496 e. The minimum atomic E-state index is -0.501. The number of ketones is 1. The Morgan fingerprint density at radius 1 is 1.09 bits per heavy atom. The van der Waals surface area contributed by atoms with Crippen LogP contribution >= 0.6 is 15.9 Å². The summed E-state index contributed by atoms with van der Waals surface area (Å²) in [5.74, 6) is -0.0644. The smallest absolute Gasteiger partial charge is 0.337 e. The molecule has 1 aliphatic heterocycles.